The first-order chi connectivity index (χ1) is 17.8. The molecule has 0 atom stereocenters. The van der Waals surface area contributed by atoms with Gasteiger partial charge in [-0.1, -0.05) is 28.1 Å². The van der Waals surface area contributed by atoms with Crippen molar-refractivity contribution in [3.8, 4) is 17.2 Å². The molecule has 192 valence electrons. The van der Waals surface area contributed by atoms with Gasteiger partial charge >= 0.3 is 0 Å². The fourth-order valence-corrected chi connectivity index (χ4v) is 5.35. The van der Waals surface area contributed by atoms with Gasteiger partial charge in [0.15, 0.2) is 11.5 Å². The smallest absolute Gasteiger partial charge is 0.293 e. The monoisotopic (exact) mass is 697 g/mol. The van der Waals surface area contributed by atoms with Crippen LogP contribution in [0.5, 0.6) is 17.2 Å². The van der Waals surface area contributed by atoms with E-state index in [1.807, 2.05) is 37.3 Å². The molecule has 0 spiro atoms. The molecule has 1 saturated heterocycles. The summed E-state index contributed by atoms with van der Waals surface area (Å²) < 4.78 is 32.3. The molecule has 0 bridgehead atoms. The van der Waals surface area contributed by atoms with Gasteiger partial charge in [-0.3, -0.25) is 14.5 Å². The summed E-state index contributed by atoms with van der Waals surface area (Å²) in [4.78, 5) is 26.8. The van der Waals surface area contributed by atoms with E-state index in [2.05, 4.69) is 38.5 Å². The molecular weight excluding hydrogens is 676 g/mol. The molecule has 37 heavy (non-hydrogen) atoms. The summed E-state index contributed by atoms with van der Waals surface area (Å²) in [6.07, 6.45) is 1.68. The summed E-state index contributed by atoms with van der Waals surface area (Å²) in [6, 6.07) is 17.1. The van der Waals surface area contributed by atoms with Gasteiger partial charge in [-0.05, 0) is 107 Å². The molecule has 2 amide bonds. The minimum absolute atomic E-state index is 0.0873. The van der Waals surface area contributed by atoms with Crippen LogP contribution in [0.2, 0.25) is 0 Å². The Hall–Kier alpha value is -2.57. The van der Waals surface area contributed by atoms with Gasteiger partial charge in [0, 0.05) is 4.47 Å². The average molecular weight is 698 g/mol. The number of halogens is 3. The van der Waals surface area contributed by atoms with E-state index in [-0.39, 0.29) is 30.1 Å². The Morgan fingerprint density at radius 2 is 1.76 bits per heavy atom. The third kappa shape index (κ3) is 7.26. The van der Waals surface area contributed by atoms with Gasteiger partial charge in [0.2, 0.25) is 0 Å². The standard InChI is InChI=1S/C27H22BrFINO5S/c1-2-34-23-14-18(13-22(30)25(23)36-16-17-3-5-19(28)6-4-17)15-24-26(32)31(27(33)37-24)11-12-35-21-9-7-20(29)8-10-21/h3-10,13-15H,2,11-12,16H2,1H3/b24-15-. The van der Waals surface area contributed by atoms with Crippen molar-refractivity contribution >= 4 is 67.5 Å². The molecule has 3 aromatic rings. The number of rotatable bonds is 10. The maximum absolute atomic E-state index is 13.0. The van der Waals surface area contributed by atoms with Gasteiger partial charge in [0.1, 0.15) is 24.8 Å². The molecule has 0 unspecified atom stereocenters. The predicted octanol–water partition coefficient (Wildman–Crippen LogP) is 7.29. The van der Waals surface area contributed by atoms with Crippen LogP contribution in [0.15, 0.2) is 70.0 Å². The molecule has 0 saturated carbocycles. The van der Waals surface area contributed by atoms with Crippen molar-refractivity contribution in [2.24, 2.45) is 0 Å². The van der Waals surface area contributed by atoms with Gasteiger partial charge in [-0.2, -0.15) is 0 Å². The van der Waals surface area contributed by atoms with Crippen LogP contribution in [0.3, 0.4) is 0 Å². The maximum Gasteiger partial charge on any atom is 0.293 e. The van der Waals surface area contributed by atoms with E-state index in [4.69, 9.17) is 14.2 Å². The van der Waals surface area contributed by atoms with E-state index in [1.165, 1.54) is 24.3 Å². The fourth-order valence-electron chi connectivity index (χ4n) is 3.44. The lowest BCUT2D eigenvalue weighted by molar-refractivity contribution is -0.123. The SMILES string of the molecule is CCOc1cc(/C=C2\SC(=O)N(CCOc3ccc(F)cc3)C2=O)cc(I)c1OCc1ccc(Br)cc1. The van der Waals surface area contributed by atoms with Crippen LogP contribution in [0.25, 0.3) is 6.08 Å². The summed E-state index contributed by atoms with van der Waals surface area (Å²) in [7, 11) is 0. The predicted molar refractivity (Wildman–Crippen MR) is 153 cm³/mol. The molecule has 0 N–H and O–H groups in total. The Labute approximate surface area is 240 Å². The first-order valence-corrected chi connectivity index (χ1v) is 14.0. The third-order valence-corrected chi connectivity index (χ3v) is 7.43. The molecule has 0 aliphatic carbocycles. The zero-order valence-corrected chi connectivity index (χ0v) is 24.3. The van der Waals surface area contributed by atoms with Gasteiger partial charge in [-0.25, -0.2) is 4.39 Å². The molecule has 1 fully saturated rings. The zero-order chi connectivity index (χ0) is 26.4. The number of carbonyl (C=O) groups excluding carboxylic acids is 2. The van der Waals surface area contributed by atoms with Crippen LogP contribution in [-0.2, 0) is 11.4 Å². The van der Waals surface area contributed by atoms with Crippen molar-refractivity contribution in [1.82, 2.24) is 4.90 Å². The summed E-state index contributed by atoms with van der Waals surface area (Å²) in [5.41, 5.74) is 1.74. The largest absolute Gasteiger partial charge is 0.492 e. The highest BCUT2D eigenvalue weighted by molar-refractivity contribution is 14.1. The van der Waals surface area contributed by atoms with Crippen LogP contribution in [0.4, 0.5) is 9.18 Å². The number of hydrogen-bond acceptors (Lipinski definition) is 6. The molecule has 0 aromatic heterocycles. The number of hydrogen-bond donors (Lipinski definition) is 0. The second-order valence-electron chi connectivity index (χ2n) is 7.81. The second kappa shape index (κ2) is 12.8. The highest BCUT2D eigenvalue weighted by Crippen LogP contribution is 2.38. The molecule has 10 heteroatoms. The van der Waals surface area contributed by atoms with Crippen LogP contribution in [-0.4, -0.2) is 35.8 Å². The highest BCUT2D eigenvalue weighted by Gasteiger charge is 2.35. The van der Waals surface area contributed by atoms with Gasteiger partial charge in [0.25, 0.3) is 11.1 Å². The fraction of sp³-hybridized carbons (Fsp3) is 0.185. The minimum Gasteiger partial charge on any atom is -0.492 e. The maximum atomic E-state index is 13.0. The highest BCUT2D eigenvalue weighted by atomic mass is 127. The number of nitrogens with zero attached hydrogens (tertiary/aromatic N) is 1. The summed E-state index contributed by atoms with van der Waals surface area (Å²) in [5, 5.41) is -0.367. The molecule has 1 aliphatic heterocycles. The van der Waals surface area contributed by atoms with Crippen molar-refractivity contribution < 1.29 is 28.2 Å². The van der Waals surface area contributed by atoms with E-state index in [9.17, 15) is 14.0 Å². The van der Waals surface area contributed by atoms with E-state index in [0.717, 1.165) is 35.8 Å². The quantitative estimate of drug-likeness (QED) is 0.164. The molecule has 0 radical (unpaired) electrons. The van der Waals surface area contributed by atoms with E-state index >= 15 is 0 Å². The Morgan fingerprint density at radius 3 is 2.46 bits per heavy atom. The molecule has 4 rings (SSSR count). The minimum atomic E-state index is -0.388. The molecule has 1 heterocycles. The topological polar surface area (TPSA) is 65.1 Å². The number of carbonyl (C=O) groups is 2. The van der Waals surface area contributed by atoms with Crippen molar-refractivity contribution in [3.63, 3.8) is 0 Å². The summed E-state index contributed by atoms with van der Waals surface area (Å²) >= 11 is 6.48. The Balaban J connectivity index is 1.45. The lowest BCUT2D eigenvalue weighted by Crippen LogP contribution is -2.32. The van der Waals surface area contributed by atoms with E-state index in [1.54, 1.807) is 12.1 Å². The van der Waals surface area contributed by atoms with Crippen molar-refractivity contribution in [2.75, 3.05) is 19.8 Å². The number of benzene rings is 3. The molecule has 6 nitrogen and oxygen atoms in total. The second-order valence-corrected chi connectivity index (χ2v) is 10.9. The first-order valence-electron chi connectivity index (χ1n) is 11.3. The number of ether oxygens (including phenoxy) is 3. The van der Waals surface area contributed by atoms with Gasteiger partial charge < -0.3 is 14.2 Å². The molecule has 3 aromatic carbocycles. The summed E-state index contributed by atoms with van der Waals surface area (Å²) in [5.74, 6) is 0.888. The zero-order valence-electron chi connectivity index (χ0n) is 19.7. The number of imide groups is 1. The Bertz CT molecular complexity index is 1320. The van der Waals surface area contributed by atoms with Crippen molar-refractivity contribution in [3.05, 3.63) is 90.6 Å². The van der Waals surface area contributed by atoms with Crippen LogP contribution < -0.4 is 14.2 Å². The molecular formula is C27H22BrFINO5S. The van der Waals surface area contributed by atoms with Gasteiger partial charge in [0.05, 0.1) is 21.6 Å². The van der Waals surface area contributed by atoms with Crippen LogP contribution in [0.1, 0.15) is 18.1 Å². The number of thioether (sulfide) groups is 1. The average Bonchev–Trinajstić information content (AvgIpc) is 3.13. The van der Waals surface area contributed by atoms with Gasteiger partial charge in [-0.15, -0.1) is 0 Å². The van der Waals surface area contributed by atoms with E-state index in [0.29, 0.717) is 35.4 Å². The van der Waals surface area contributed by atoms with Crippen molar-refractivity contribution in [2.45, 2.75) is 13.5 Å². The summed E-state index contributed by atoms with van der Waals surface area (Å²) in [6.45, 7) is 2.90. The third-order valence-electron chi connectivity index (χ3n) is 5.20. The van der Waals surface area contributed by atoms with Crippen LogP contribution >= 0.6 is 50.3 Å². The Morgan fingerprint density at radius 1 is 1.03 bits per heavy atom. The van der Waals surface area contributed by atoms with Crippen molar-refractivity contribution in [1.29, 1.82) is 0 Å². The normalized spacial score (nSPS) is 14.4. The number of amides is 2. The lowest BCUT2D eigenvalue weighted by atomic mass is 10.1. The van der Waals surface area contributed by atoms with Crippen LogP contribution in [0, 0.1) is 9.39 Å². The molecule has 1 aliphatic rings. The lowest BCUT2D eigenvalue weighted by Gasteiger charge is -2.15. The first kappa shape index (κ1) is 27.5. The Kier molecular flexibility index (Phi) is 9.49. The van der Waals surface area contributed by atoms with E-state index < -0.39 is 0 Å².